The van der Waals surface area contributed by atoms with Crippen molar-refractivity contribution in [1.82, 2.24) is 14.9 Å². The topological polar surface area (TPSA) is 73.8 Å². The van der Waals surface area contributed by atoms with E-state index in [4.69, 9.17) is 0 Å². The van der Waals surface area contributed by atoms with Gasteiger partial charge in [-0.15, -0.1) is 24.0 Å². The molecule has 0 atom stereocenters. The smallest absolute Gasteiger partial charge is 0.240 e. The summed E-state index contributed by atoms with van der Waals surface area (Å²) in [5.41, 5.74) is 0.953. The van der Waals surface area contributed by atoms with Crippen LogP contribution >= 0.6 is 24.0 Å². The van der Waals surface area contributed by atoms with Crippen LogP contribution in [-0.4, -0.2) is 46.0 Å². The van der Waals surface area contributed by atoms with Gasteiger partial charge in [-0.3, -0.25) is 4.99 Å². The maximum Gasteiger partial charge on any atom is 0.240 e. The molecule has 2 aromatic carbocycles. The van der Waals surface area contributed by atoms with E-state index in [-0.39, 0.29) is 41.2 Å². The van der Waals surface area contributed by atoms with Gasteiger partial charge < -0.3 is 10.2 Å². The summed E-state index contributed by atoms with van der Waals surface area (Å²) in [4.78, 5) is 6.59. The lowest BCUT2D eigenvalue weighted by Crippen LogP contribution is -2.39. The van der Waals surface area contributed by atoms with E-state index in [1.165, 1.54) is 12.1 Å². The summed E-state index contributed by atoms with van der Waals surface area (Å²) in [6, 6.07) is 14.5. The van der Waals surface area contributed by atoms with Gasteiger partial charge in [0.2, 0.25) is 10.0 Å². The Kier molecular flexibility index (Phi) is 10.4. The molecule has 0 aliphatic rings. The molecule has 0 fully saturated rings. The van der Waals surface area contributed by atoms with Crippen molar-refractivity contribution in [3.8, 4) is 0 Å². The molecule has 2 N–H and O–H groups in total. The first-order valence-electron chi connectivity index (χ1n) is 8.71. The van der Waals surface area contributed by atoms with Crippen LogP contribution in [0.3, 0.4) is 0 Å². The zero-order valence-corrected chi connectivity index (χ0v) is 19.1. The zero-order valence-electron chi connectivity index (χ0n) is 15.9. The number of hydrogen-bond donors (Lipinski definition) is 2. The van der Waals surface area contributed by atoms with Crippen molar-refractivity contribution in [2.45, 2.75) is 18.4 Å². The van der Waals surface area contributed by atoms with E-state index in [0.29, 0.717) is 25.6 Å². The van der Waals surface area contributed by atoms with E-state index in [0.717, 1.165) is 5.56 Å². The van der Waals surface area contributed by atoms with Crippen molar-refractivity contribution in [2.24, 2.45) is 4.99 Å². The SMILES string of the molecule is CCNC(=NCCNS(=O)(=O)c1ccccc1)N(C)Cc1ccc(F)cc1.I. The van der Waals surface area contributed by atoms with E-state index in [9.17, 15) is 12.8 Å². The van der Waals surface area contributed by atoms with Gasteiger partial charge in [-0.05, 0) is 36.8 Å². The second-order valence-electron chi connectivity index (χ2n) is 5.93. The molecule has 2 aromatic rings. The monoisotopic (exact) mass is 520 g/mol. The number of sulfonamides is 1. The van der Waals surface area contributed by atoms with Crippen LogP contribution in [0.25, 0.3) is 0 Å². The van der Waals surface area contributed by atoms with Crippen LogP contribution in [0.1, 0.15) is 12.5 Å². The molecule has 0 bridgehead atoms. The van der Waals surface area contributed by atoms with Crippen molar-refractivity contribution in [3.63, 3.8) is 0 Å². The summed E-state index contributed by atoms with van der Waals surface area (Å²) in [5, 5.41) is 3.17. The van der Waals surface area contributed by atoms with Crippen molar-refractivity contribution in [3.05, 3.63) is 66.0 Å². The largest absolute Gasteiger partial charge is 0.357 e. The third-order valence-corrected chi connectivity index (χ3v) is 5.23. The summed E-state index contributed by atoms with van der Waals surface area (Å²) in [6.07, 6.45) is 0. The van der Waals surface area contributed by atoms with Gasteiger partial charge in [0.1, 0.15) is 5.82 Å². The van der Waals surface area contributed by atoms with Crippen molar-refractivity contribution >= 4 is 40.0 Å². The molecular weight excluding hydrogens is 494 g/mol. The Labute approximate surface area is 183 Å². The Balaban J connectivity index is 0.00000392. The highest BCUT2D eigenvalue weighted by Crippen LogP contribution is 2.07. The van der Waals surface area contributed by atoms with E-state index >= 15 is 0 Å². The molecule has 0 heterocycles. The first-order chi connectivity index (χ1) is 12.9. The predicted molar refractivity (Wildman–Crippen MR) is 121 cm³/mol. The first-order valence-corrected chi connectivity index (χ1v) is 10.2. The summed E-state index contributed by atoms with van der Waals surface area (Å²) in [5.74, 6) is 0.383. The minimum Gasteiger partial charge on any atom is -0.357 e. The van der Waals surface area contributed by atoms with Crippen LogP contribution in [0.5, 0.6) is 0 Å². The minimum absolute atomic E-state index is 0. The quantitative estimate of drug-likeness (QED) is 0.243. The van der Waals surface area contributed by atoms with Gasteiger partial charge in [-0.25, -0.2) is 17.5 Å². The number of guanidine groups is 1. The lowest BCUT2D eigenvalue weighted by atomic mass is 10.2. The molecule has 154 valence electrons. The molecule has 28 heavy (non-hydrogen) atoms. The lowest BCUT2D eigenvalue weighted by molar-refractivity contribution is 0.476. The summed E-state index contributed by atoms with van der Waals surface area (Å²) >= 11 is 0. The molecule has 0 spiro atoms. The second-order valence-corrected chi connectivity index (χ2v) is 7.70. The normalized spacial score (nSPS) is 11.6. The average Bonchev–Trinajstić information content (AvgIpc) is 2.66. The minimum atomic E-state index is -3.53. The maximum absolute atomic E-state index is 13.0. The molecule has 0 radical (unpaired) electrons. The Hall–Kier alpha value is -1.72. The van der Waals surface area contributed by atoms with Gasteiger partial charge in [0.25, 0.3) is 0 Å². The molecule has 0 saturated heterocycles. The Morgan fingerprint density at radius 2 is 1.75 bits per heavy atom. The molecular formula is C19H26FIN4O2S. The van der Waals surface area contributed by atoms with Crippen LogP contribution < -0.4 is 10.0 Å². The molecule has 2 rings (SSSR count). The Bertz CT molecular complexity index is 846. The molecule has 9 heteroatoms. The standard InChI is InChI=1S/C19H25FN4O2S.HI/c1-3-21-19(24(2)15-16-9-11-17(20)12-10-16)22-13-14-23-27(25,26)18-7-5-4-6-8-18;/h4-12,23H,3,13-15H2,1-2H3,(H,21,22);1H. The number of hydrogen-bond acceptors (Lipinski definition) is 3. The van der Waals surface area contributed by atoms with E-state index in [1.807, 2.05) is 18.9 Å². The number of benzene rings is 2. The third-order valence-electron chi connectivity index (χ3n) is 3.75. The number of nitrogens with one attached hydrogen (secondary N) is 2. The van der Waals surface area contributed by atoms with Crippen molar-refractivity contribution in [1.29, 1.82) is 0 Å². The Morgan fingerprint density at radius 3 is 2.36 bits per heavy atom. The number of aliphatic imine (C=N–C) groups is 1. The summed E-state index contributed by atoms with van der Waals surface area (Å²) < 4.78 is 39.9. The van der Waals surface area contributed by atoms with Gasteiger partial charge in [-0.2, -0.15) is 0 Å². The number of rotatable bonds is 8. The van der Waals surface area contributed by atoms with Gasteiger partial charge in [0, 0.05) is 26.7 Å². The molecule has 0 aliphatic heterocycles. The fourth-order valence-electron chi connectivity index (χ4n) is 2.43. The summed E-state index contributed by atoms with van der Waals surface area (Å²) in [6.45, 7) is 3.68. The highest BCUT2D eigenvalue weighted by molar-refractivity contribution is 14.0. The molecule has 0 aromatic heterocycles. The van der Waals surface area contributed by atoms with Gasteiger partial charge in [0.15, 0.2) is 5.96 Å². The fourth-order valence-corrected chi connectivity index (χ4v) is 3.48. The Morgan fingerprint density at radius 1 is 1.11 bits per heavy atom. The van der Waals surface area contributed by atoms with E-state index < -0.39 is 10.0 Å². The third kappa shape index (κ3) is 7.72. The second kappa shape index (κ2) is 12.0. The lowest BCUT2D eigenvalue weighted by Gasteiger charge is -2.22. The van der Waals surface area contributed by atoms with Crippen LogP contribution in [0.15, 0.2) is 64.5 Å². The van der Waals surface area contributed by atoms with E-state index in [1.54, 1.807) is 42.5 Å². The first kappa shape index (κ1) is 24.3. The van der Waals surface area contributed by atoms with Crippen molar-refractivity contribution < 1.29 is 12.8 Å². The summed E-state index contributed by atoms with van der Waals surface area (Å²) in [7, 11) is -1.66. The molecule has 6 nitrogen and oxygen atoms in total. The van der Waals surface area contributed by atoms with Gasteiger partial charge in [-0.1, -0.05) is 30.3 Å². The van der Waals surface area contributed by atoms with Gasteiger partial charge >= 0.3 is 0 Å². The highest BCUT2D eigenvalue weighted by atomic mass is 127. The van der Waals surface area contributed by atoms with Crippen LogP contribution in [0, 0.1) is 5.82 Å². The van der Waals surface area contributed by atoms with Crippen molar-refractivity contribution in [2.75, 3.05) is 26.7 Å². The van der Waals surface area contributed by atoms with Crippen LogP contribution in [-0.2, 0) is 16.6 Å². The molecule has 0 saturated carbocycles. The molecule has 0 aliphatic carbocycles. The van der Waals surface area contributed by atoms with Crippen LogP contribution in [0.2, 0.25) is 0 Å². The highest BCUT2D eigenvalue weighted by Gasteiger charge is 2.12. The maximum atomic E-state index is 13.0. The zero-order chi connectivity index (χ0) is 19.7. The molecule has 0 unspecified atom stereocenters. The van der Waals surface area contributed by atoms with E-state index in [2.05, 4.69) is 15.0 Å². The number of nitrogens with zero attached hydrogens (tertiary/aromatic N) is 2. The predicted octanol–water partition coefficient (Wildman–Crippen LogP) is 2.82. The molecule has 0 amide bonds. The fraction of sp³-hybridized carbons (Fsp3) is 0.316. The van der Waals surface area contributed by atoms with Crippen LogP contribution in [0.4, 0.5) is 4.39 Å². The number of halogens is 2. The average molecular weight is 520 g/mol. The van der Waals surface area contributed by atoms with Gasteiger partial charge in [0.05, 0.1) is 11.4 Å².